The van der Waals surface area contributed by atoms with E-state index in [4.69, 9.17) is 27.5 Å². The van der Waals surface area contributed by atoms with Crippen LogP contribution in [0.2, 0.25) is 5.02 Å². The smallest absolute Gasteiger partial charge is 0.148 e. The first-order valence-corrected chi connectivity index (χ1v) is 5.78. The molecule has 95 valence electrons. The molecule has 0 fully saturated rings. The molecule has 0 aliphatic rings. The predicted molar refractivity (Wildman–Crippen MR) is 71.1 cm³/mol. The SMILES string of the molecule is C#CCOc1ccc(Oc2c[c]c(F)cc2Cl)cc1. The van der Waals surface area contributed by atoms with Crippen LogP contribution >= 0.6 is 11.6 Å². The summed E-state index contributed by atoms with van der Waals surface area (Å²) in [6.07, 6.45) is 5.09. The van der Waals surface area contributed by atoms with E-state index in [1.54, 1.807) is 24.3 Å². The molecule has 19 heavy (non-hydrogen) atoms. The maximum atomic E-state index is 12.8. The highest BCUT2D eigenvalue weighted by atomic mass is 35.5. The molecule has 0 aliphatic carbocycles. The summed E-state index contributed by atoms with van der Waals surface area (Å²) in [5, 5.41) is 0.184. The molecular weight excluding hydrogens is 267 g/mol. The molecule has 0 atom stereocenters. The van der Waals surface area contributed by atoms with Crippen LogP contribution in [0.1, 0.15) is 0 Å². The third-order valence-corrected chi connectivity index (χ3v) is 2.50. The van der Waals surface area contributed by atoms with Crippen LogP contribution in [0.3, 0.4) is 0 Å². The van der Waals surface area contributed by atoms with Gasteiger partial charge in [-0.15, -0.1) is 6.42 Å². The van der Waals surface area contributed by atoms with E-state index >= 15 is 0 Å². The minimum Gasteiger partial charge on any atom is -0.481 e. The number of ether oxygens (including phenoxy) is 2. The second-order valence-corrected chi connectivity index (χ2v) is 3.97. The highest BCUT2D eigenvalue weighted by molar-refractivity contribution is 6.32. The summed E-state index contributed by atoms with van der Waals surface area (Å²) in [6, 6.07) is 11.7. The number of rotatable bonds is 4. The summed E-state index contributed by atoms with van der Waals surface area (Å²) in [6.45, 7) is 0.207. The molecule has 0 spiro atoms. The van der Waals surface area contributed by atoms with Crippen molar-refractivity contribution in [3.05, 3.63) is 53.3 Å². The van der Waals surface area contributed by atoms with Crippen molar-refractivity contribution in [2.45, 2.75) is 0 Å². The summed E-state index contributed by atoms with van der Waals surface area (Å²) in [5.74, 6) is 3.37. The van der Waals surface area contributed by atoms with Gasteiger partial charge in [-0.1, -0.05) is 17.5 Å². The Kier molecular flexibility index (Phi) is 4.27. The molecule has 0 saturated carbocycles. The minimum absolute atomic E-state index is 0.184. The lowest BCUT2D eigenvalue weighted by Gasteiger charge is -2.08. The zero-order valence-corrected chi connectivity index (χ0v) is 10.6. The van der Waals surface area contributed by atoms with Gasteiger partial charge < -0.3 is 9.47 Å². The molecule has 0 amide bonds. The summed E-state index contributed by atoms with van der Waals surface area (Å²) in [7, 11) is 0. The quantitative estimate of drug-likeness (QED) is 0.783. The molecule has 0 saturated heterocycles. The van der Waals surface area contributed by atoms with Crippen LogP contribution in [0.5, 0.6) is 17.2 Å². The molecule has 0 heterocycles. The summed E-state index contributed by atoms with van der Waals surface area (Å²) in [5.41, 5.74) is 0. The third-order valence-electron chi connectivity index (χ3n) is 2.20. The van der Waals surface area contributed by atoms with E-state index < -0.39 is 5.82 Å². The Morgan fingerprint density at radius 1 is 1.26 bits per heavy atom. The van der Waals surface area contributed by atoms with Crippen molar-refractivity contribution in [2.24, 2.45) is 0 Å². The molecule has 0 aliphatic heterocycles. The highest BCUT2D eigenvalue weighted by Gasteiger charge is 2.05. The predicted octanol–water partition coefficient (Wildman–Crippen LogP) is 4.08. The minimum atomic E-state index is -0.532. The molecule has 0 aromatic heterocycles. The van der Waals surface area contributed by atoms with Gasteiger partial charge >= 0.3 is 0 Å². The van der Waals surface area contributed by atoms with Gasteiger partial charge in [0.05, 0.1) is 5.02 Å². The second-order valence-electron chi connectivity index (χ2n) is 3.56. The van der Waals surface area contributed by atoms with Gasteiger partial charge in [-0.2, -0.15) is 0 Å². The van der Waals surface area contributed by atoms with Crippen LogP contribution in [0.15, 0.2) is 36.4 Å². The summed E-state index contributed by atoms with van der Waals surface area (Å²) in [4.78, 5) is 0. The van der Waals surface area contributed by atoms with Gasteiger partial charge in [0.2, 0.25) is 0 Å². The van der Waals surface area contributed by atoms with E-state index in [9.17, 15) is 4.39 Å². The fourth-order valence-electron chi connectivity index (χ4n) is 1.36. The molecule has 2 aromatic rings. The van der Waals surface area contributed by atoms with Gasteiger partial charge in [0, 0.05) is 6.07 Å². The van der Waals surface area contributed by atoms with Gasteiger partial charge in [0.25, 0.3) is 0 Å². The molecule has 2 nitrogen and oxygen atoms in total. The molecular formula is C15H9ClFO2. The van der Waals surface area contributed by atoms with Crippen LogP contribution in [-0.2, 0) is 0 Å². The topological polar surface area (TPSA) is 18.5 Å². The standard InChI is InChI=1S/C15H9ClFO2/c1-2-9-18-12-4-6-13(7-5-12)19-15-8-3-11(17)10-14(15)16/h1,4-8,10H,9H2. The van der Waals surface area contributed by atoms with Gasteiger partial charge in [0.1, 0.15) is 29.7 Å². The number of halogens is 2. The molecule has 2 aromatic carbocycles. The van der Waals surface area contributed by atoms with Crippen molar-refractivity contribution in [3.8, 4) is 29.6 Å². The van der Waals surface area contributed by atoms with Crippen molar-refractivity contribution >= 4 is 11.6 Å². The number of terminal acetylenes is 1. The fourth-order valence-corrected chi connectivity index (χ4v) is 1.55. The molecule has 2 rings (SSSR count). The molecule has 0 bridgehead atoms. The average molecular weight is 276 g/mol. The summed E-state index contributed by atoms with van der Waals surface area (Å²) < 4.78 is 23.6. The first-order chi connectivity index (χ1) is 9.19. The van der Waals surface area contributed by atoms with Crippen LogP contribution in [0.25, 0.3) is 0 Å². The fraction of sp³-hybridized carbons (Fsp3) is 0.0667. The van der Waals surface area contributed by atoms with E-state index in [2.05, 4.69) is 12.0 Å². The largest absolute Gasteiger partial charge is 0.481 e. The first kappa shape index (κ1) is 13.3. The Bertz CT molecular complexity index is 603. The van der Waals surface area contributed by atoms with Crippen molar-refractivity contribution in [3.63, 3.8) is 0 Å². The maximum Gasteiger partial charge on any atom is 0.148 e. The second kappa shape index (κ2) is 6.12. The van der Waals surface area contributed by atoms with Crippen LogP contribution < -0.4 is 9.47 Å². The lowest BCUT2D eigenvalue weighted by Crippen LogP contribution is -1.93. The van der Waals surface area contributed by atoms with E-state index in [0.29, 0.717) is 17.2 Å². The Morgan fingerprint density at radius 2 is 1.95 bits per heavy atom. The zero-order valence-electron chi connectivity index (χ0n) is 9.82. The molecule has 4 heteroatoms. The van der Waals surface area contributed by atoms with E-state index in [1.807, 2.05) is 0 Å². The maximum absolute atomic E-state index is 12.8. The molecule has 0 unspecified atom stereocenters. The Hall–Kier alpha value is -2.18. The third kappa shape index (κ3) is 3.64. The van der Waals surface area contributed by atoms with Crippen LogP contribution in [-0.4, -0.2) is 6.61 Å². The van der Waals surface area contributed by atoms with Crippen molar-refractivity contribution in [2.75, 3.05) is 6.61 Å². The van der Waals surface area contributed by atoms with Gasteiger partial charge in [-0.05, 0) is 36.4 Å². The monoisotopic (exact) mass is 275 g/mol. The number of benzene rings is 2. The van der Waals surface area contributed by atoms with Gasteiger partial charge in [0.15, 0.2) is 0 Å². The van der Waals surface area contributed by atoms with Gasteiger partial charge in [-0.3, -0.25) is 0 Å². The highest BCUT2D eigenvalue weighted by Crippen LogP contribution is 2.30. The lowest BCUT2D eigenvalue weighted by molar-refractivity contribution is 0.369. The van der Waals surface area contributed by atoms with Crippen LogP contribution in [0.4, 0.5) is 4.39 Å². The molecule has 0 N–H and O–H groups in total. The van der Waals surface area contributed by atoms with Crippen molar-refractivity contribution in [1.29, 1.82) is 0 Å². The Labute approximate surface area is 115 Å². The Morgan fingerprint density at radius 3 is 2.58 bits per heavy atom. The zero-order chi connectivity index (χ0) is 13.7. The van der Waals surface area contributed by atoms with E-state index in [-0.39, 0.29) is 11.6 Å². The van der Waals surface area contributed by atoms with E-state index in [1.165, 1.54) is 6.07 Å². The summed E-state index contributed by atoms with van der Waals surface area (Å²) >= 11 is 5.85. The first-order valence-electron chi connectivity index (χ1n) is 5.40. The molecule has 1 radical (unpaired) electrons. The lowest BCUT2D eigenvalue weighted by atomic mass is 10.3. The van der Waals surface area contributed by atoms with Crippen molar-refractivity contribution < 1.29 is 13.9 Å². The van der Waals surface area contributed by atoms with E-state index in [0.717, 1.165) is 6.07 Å². The van der Waals surface area contributed by atoms with Crippen molar-refractivity contribution in [1.82, 2.24) is 0 Å². The average Bonchev–Trinajstić information content (AvgIpc) is 2.41. The van der Waals surface area contributed by atoms with Gasteiger partial charge in [-0.25, -0.2) is 4.39 Å². The Balaban J connectivity index is 2.09. The number of hydrogen-bond acceptors (Lipinski definition) is 2. The normalized spacial score (nSPS) is 9.74. The van der Waals surface area contributed by atoms with Crippen LogP contribution in [0, 0.1) is 24.2 Å². The number of hydrogen-bond donors (Lipinski definition) is 0.